The molecule has 1 amide bonds. The molecule has 0 spiro atoms. The smallest absolute Gasteiger partial charge is 0.232 e. The van der Waals surface area contributed by atoms with Crippen LogP contribution in [0.2, 0.25) is 0 Å². The van der Waals surface area contributed by atoms with Crippen molar-refractivity contribution < 1.29 is 17.9 Å². The van der Waals surface area contributed by atoms with Crippen LogP contribution in [0.4, 0.5) is 5.69 Å². The molecule has 2 aromatic carbocycles. The van der Waals surface area contributed by atoms with Crippen LogP contribution in [-0.4, -0.2) is 40.6 Å². The molecular formula is C18H18N2O4S. The third-order valence-corrected chi connectivity index (χ3v) is 6.32. The summed E-state index contributed by atoms with van der Waals surface area (Å²) in [5.74, 6) is 0.476. The molecule has 0 saturated carbocycles. The average molecular weight is 358 g/mol. The van der Waals surface area contributed by atoms with Gasteiger partial charge in [0.25, 0.3) is 0 Å². The number of benzene rings is 2. The summed E-state index contributed by atoms with van der Waals surface area (Å²) in [6, 6.07) is 13.0. The molecule has 0 radical (unpaired) electrons. The van der Waals surface area contributed by atoms with Crippen molar-refractivity contribution in [2.45, 2.75) is 9.79 Å². The molecule has 1 fully saturated rings. The van der Waals surface area contributed by atoms with Crippen molar-refractivity contribution in [2.24, 2.45) is 5.92 Å². The zero-order chi connectivity index (χ0) is 17.4. The van der Waals surface area contributed by atoms with Crippen LogP contribution in [-0.2, 0) is 14.6 Å². The summed E-state index contributed by atoms with van der Waals surface area (Å²) in [7, 11) is -3.61. The van der Waals surface area contributed by atoms with Crippen LogP contribution in [0.1, 0.15) is 0 Å². The molecule has 1 N–H and O–H groups in total. The summed E-state index contributed by atoms with van der Waals surface area (Å²) in [6.07, 6.45) is 0. The van der Waals surface area contributed by atoms with Gasteiger partial charge in [0.1, 0.15) is 12.4 Å². The molecule has 2 aliphatic heterocycles. The summed E-state index contributed by atoms with van der Waals surface area (Å²) < 4.78 is 31.1. The van der Waals surface area contributed by atoms with Gasteiger partial charge in [-0.05, 0) is 24.3 Å². The van der Waals surface area contributed by atoms with Gasteiger partial charge in [0.05, 0.1) is 27.9 Å². The van der Waals surface area contributed by atoms with Gasteiger partial charge in [-0.3, -0.25) is 4.79 Å². The van der Waals surface area contributed by atoms with Crippen molar-refractivity contribution in [2.75, 3.05) is 31.1 Å². The first-order chi connectivity index (χ1) is 12.1. The Hall–Kier alpha value is -2.38. The van der Waals surface area contributed by atoms with Crippen molar-refractivity contribution in [3.8, 4) is 5.75 Å². The number of nitrogens with zero attached hydrogens (tertiary/aromatic N) is 1. The zero-order valence-corrected chi connectivity index (χ0v) is 14.3. The molecule has 1 saturated heterocycles. The van der Waals surface area contributed by atoms with Crippen LogP contribution in [0, 0.1) is 5.92 Å². The van der Waals surface area contributed by atoms with Gasteiger partial charge in [-0.1, -0.05) is 18.2 Å². The van der Waals surface area contributed by atoms with Crippen molar-refractivity contribution in [3.05, 3.63) is 48.5 Å². The minimum absolute atomic E-state index is 0.0151. The molecule has 0 unspecified atom stereocenters. The topological polar surface area (TPSA) is 75.7 Å². The second kappa shape index (κ2) is 6.16. The van der Waals surface area contributed by atoms with Gasteiger partial charge in [0, 0.05) is 19.2 Å². The second-order valence-electron chi connectivity index (χ2n) is 6.14. The molecule has 7 heteroatoms. The van der Waals surface area contributed by atoms with Crippen LogP contribution < -0.4 is 15.0 Å². The molecular weight excluding hydrogens is 340 g/mol. The Morgan fingerprint density at radius 2 is 1.84 bits per heavy atom. The zero-order valence-electron chi connectivity index (χ0n) is 13.5. The van der Waals surface area contributed by atoms with Gasteiger partial charge < -0.3 is 15.0 Å². The third kappa shape index (κ3) is 2.79. The quantitative estimate of drug-likeness (QED) is 0.899. The minimum atomic E-state index is -3.61. The first-order valence-electron chi connectivity index (χ1n) is 8.16. The van der Waals surface area contributed by atoms with E-state index in [1.165, 1.54) is 12.1 Å². The summed E-state index contributed by atoms with van der Waals surface area (Å²) >= 11 is 0. The van der Waals surface area contributed by atoms with E-state index < -0.39 is 9.84 Å². The lowest BCUT2D eigenvalue weighted by atomic mass is 10.0. The molecule has 25 heavy (non-hydrogen) atoms. The summed E-state index contributed by atoms with van der Waals surface area (Å²) in [6.45, 7) is 2.21. The van der Waals surface area contributed by atoms with E-state index in [9.17, 15) is 13.2 Å². The highest BCUT2D eigenvalue weighted by molar-refractivity contribution is 7.91. The maximum Gasteiger partial charge on any atom is 0.232 e. The fraction of sp³-hybridized carbons (Fsp3) is 0.278. The Morgan fingerprint density at radius 3 is 2.52 bits per heavy atom. The van der Waals surface area contributed by atoms with E-state index in [0.29, 0.717) is 37.7 Å². The van der Waals surface area contributed by atoms with Gasteiger partial charge in [-0.25, -0.2) is 8.42 Å². The second-order valence-corrected chi connectivity index (χ2v) is 8.09. The molecule has 0 bridgehead atoms. The fourth-order valence-corrected chi connectivity index (χ4v) is 4.31. The van der Waals surface area contributed by atoms with E-state index in [1.807, 2.05) is 0 Å². The van der Waals surface area contributed by atoms with E-state index in [4.69, 9.17) is 4.74 Å². The lowest BCUT2D eigenvalue weighted by Crippen LogP contribution is -2.53. The molecule has 2 heterocycles. The highest BCUT2D eigenvalue weighted by Gasteiger charge is 2.33. The van der Waals surface area contributed by atoms with Crippen molar-refractivity contribution >= 4 is 21.4 Å². The van der Waals surface area contributed by atoms with Gasteiger partial charge in [-0.15, -0.1) is 0 Å². The number of anilines is 1. The molecule has 6 nitrogen and oxygen atoms in total. The van der Waals surface area contributed by atoms with Crippen LogP contribution in [0.5, 0.6) is 5.75 Å². The van der Waals surface area contributed by atoms with Gasteiger partial charge >= 0.3 is 0 Å². The summed E-state index contributed by atoms with van der Waals surface area (Å²) in [4.78, 5) is 14.7. The molecule has 2 aromatic rings. The average Bonchev–Trinajstić information content (AvgIpc) is 2.60. The molecule has 4 rings (SSSR count). The number of hydrogen-bond donors (Lipinski definition) is 1. The highest BCUT2D eigenvalue weighted by atomic mass is 32.2. The molecule has 130 valence electrons. The van der Waals surface area contributed by atoms with Gasteiger partial charge in [0.2, 0.25) is 15.7 Å². The molecule has 2 aliphatic rings. The van der Waals surface area contributed by atoms with Crippen molar-refractivity contribution in [3.63, 3.8) is 0 Å². The van der Waals surface area contributed by atoms with E-state index >= 15 is 0 Å². The van der Waals surface area contributed by atoms with E-state index in [1.54, 1.807) is 41.3 Å². The Morgan fingerprint density at radius 1 is 1.08 bits per heavy atom. The van der Waals surface area contributed by atoms with E-state index in [0.717, 1.165) is 0 Å². The molecule has 0 atom stereocenters. The molecule has 0 aliphatic carbocycles. The number of carbonyl (C=O) groups excluding carboxylic acids is 1. The maximum absolute atomic E-state index is 12.8. The number of fused-ring (bicyclic) bond motifs is 1. The lowest BCUT2D eigenvalue weighted by Gasteiger charge is -2.35. The fourth-order valence-electron chi connectivity index (χ4n) is 3.02. The number of hydrogen-bond acceptors (Lipinski definition) is 5. The Labute approximate surface area is 146 Å². The van der Waals surface area contributed by atoms with Crippen molar-refractivity contribution in [1.82, 2.24) is 5.32 Å². The number of ether oxygens (including phenoxy) is 1. The van der Waals surface area contributed by atoms with E-state index in [2.05, 4.69) is 5.32 Å². The number of nitrogens with one attached hydrogen (secondary N) is 1. The van der Waals surface area contributed by atoms with Crippen LogP contribution >= 0.6 is 0 Å². The number of sulfone groups is 1. The number of amides is 1. The summed E-state index contributed by atoms with van der Waals surface area (Å²) in [5, 5.41) is 3.09. The van der Waals surface area contributed by atoms with Crippen LogP contribution in [0.3, 0.4) is 0 Å². The largest absolute Gasteiger partial charge is 0.489 e. The first kappa shape index (κ1) is 16.1. The van der Waals surface area contributed by atoms with Crippen molar-refractivity contribution in [1.29, 1.82) is 0 Å². The Balaban J connectivity index is 1.69. The Kier molecular flexibility index (Phi) is 3.97. The molecule has 0 aromatic heterocycles. The maximum atomic E-state index is 12.8. The summed E-state index contributed by atoms with van der Waals surface area (Å²) in [5.41, 5.74) is 0.634. The minimum Gasteiger partial charge on any atom is -0.489 e. The van der Waals surface area contributed by atoms with E-state index in [-0.39, 0.29) is 21.6 Å². The highest BCUT2D eigenvalue weighted by Crippen LogP contribution is 2.36. The lowest BCUT2D eigenvalue weighted by molar-refractivity contribution is -0.124. The predicted octanol–water partition coefficient (Wildman–Crippen LogP) is 1.46. The van der Waals surface area contributed by atoms with Crippen LogP contribution in [0.25, 0.3) is 0 Å². The number of rotatable bonds is 3. The monoisotopic (exact) mass is 358 g/mol. The van der Waals surface area contributed by atoms with Gasteiger partial charge in [0.15, 0.2) is 0 Å². The predicted molar refractivity (Wildman–Crippen MR) is 92.5 cm³/mol. The standard InChI is InChI=1S/C18H18N2O4S/c21-18(13-11-19-12-13)20-8-9-24-17-10-15(6-7-16(17)20)25(22,23)14-4-2-1-3-5-14/h1-7,10,13,19H,8-9,11-12H2. The van der Waals surface area contributed by atoms with Gasteiger partial charge in [-0.2, -0.15) is 0 Å². The van der Waals surface area contributed by atoms with Crippen LogP contribution in [0.15, 0.2) is 58.3 Å². The SMILES string of the molecule is O=C(C1CNC1)N1CCOc2cc(S(=O)(=O)c3ccccc3)ccc21. The normalized spacial score (nSPS) is 17.4. The first-order valence-corrected chi connectivity index (χ1v) is 9.65. The number of carbonyl (C=O) groups is 1. The third-order valence-electron chi connectivity index (χ3n) is 4.56. The Bertz CT molecular complexity index is 908.